The van der Waals surface area contributed by atoms with E-state index in [1.807, 2.05) is 32.0 Å². The Balaban J connectivity index is 2.26. The lowest BCUT2D eigenvalue weighted by molar-refractivity contribution is -0.139. The van der Waals surface area contributed by atoms with E-state index in [0.29, 0.717) is 11.3 Å². The van der Waals surface area contributed by atoms with Gasteiger partial charge in [0.25, 0.3) is 5.91 Å². The number of hydrogen-bond acceptors (Lipinski definition) is 4. The van der Waals surface area contributed by atoms with Crippen LogP contribution in [0.2, 0.25) is 0 Å². The Morgan fingerprint density at radius 3 is 2.74 bits per heavy atom. The molecule has 0 fully saturated rings. The molecule has 1 unspecified atom stereocenters. The van der Waals surface area contributed by atoms with Crippen LogP contribution in [-0.2, 0) is 4.79 Å². The topological polar surface area (TPSA) is 75.6 Å². The Hall–Kier alpha value is -2.08. The van der Waals surface area contributed by atoms with Gasteiger partial charge in [-0.2, -0.15) is 0 Å². The van der Waals surface area contributed by atoms with Crippen LogP contribution >= 0.6 is 11.3 Å². The Labute approximate surface area is 139 Å². The summed E-state index contributed by atoms with van der Waals surface area (Å²) in [6, 6.07) is 4.81. The van der Waals surface area contributed by atoms with Crippen molar-refractivity contribution >= 4 is 33.3 Å². The molecule has 1 aromatic heterocycles. The first-order chi connectivity index (χ1) is 11.0. The monoisotopic (exact) mass is 335 g/mol. The summed E-state index contributed by atoms with van der Waals surface area (Å²) in [5, 5.41) is 12.8. The number of methoxy groups -OCH3 is 1. The molecule has 0 saturated carbocycles. The maximum Gasteiger partial charge on any atom is 0.326 e. The van der Waals surface area contributed by atoms with Gasteiger partial charge < -0.3 is 15.2 Å². The van der Waals surface area contributed by atoms with Gasteiger partial charge in [0.15, 0.2) is 0 Å². The third kappa shape index (κ3) is 3.82. The Kier molecular flexibility index (Phi) is 5.60. The number of thiophene rings is 1. The zero-order valence-corrected chi connectivity index (χ0v) is 14.3. The number of rotatable bonds is 7. The molecule has 2 aromatic rings. The molecule has 1 aromatic carbocycles. The molecule has 0 aliphatic rings. The van der Waals surface area contributed by atoms with Crippen LogP contribution in [0.15, 0.2) is 18.2 Å². The number of carbonyl (C=O) groups is 2. The summed E-state index contributed by atoms with van der Waals surface area (Å²) in [5.41, 5.74) is 0.848. The number of nitrogens with one attached hydrogen (secondary N) is 1. The van der Waals surface area contributed by atoms with Gasteiger partial charge in [0.1, 0.15) is 11.8 Å². The second-order valence-corrected chi connectivity index (χ2v) is 6.48. The van der Waals surface area contributed by atoms with Gasteiger partial charge in [-0.05, 0) is 42.5 Å². The maximum absolute atomic E-state index is 12.5. The van der Waals surface area contributed by atoms with Gasteiger partial charge in [-0.3, -0.25) is 4.79 Å². The van der Waals surface area contributed by atoms with Crippen molar-refractivity contribution < 1.29 is 19.4 Å². The highest BCUT2D eigenvalue weighted by atomic mass is 32.1. The molecular formula is C17H21NO4S. The molecule has 0 aliphatic heterocycles. The first kappa shape index (κ1) is 17.3. The van der Waals surface area contributed by atoms with Gasteiger partial charge in [0.05, 0.1) is 12.0 Å². The van der Waals surface area contributed by atoms with Crippen molar-refractivity contribution in [3.8, 4) is 5.75 Å². The SMILES string of the molecule is CCCCC(NC(=O)c1sc2ccc(OC)cc2c1C)C(=O)O. The minimum absolute atomic E-state index is 0.328. The molecular weight excluding hydrogens is 314 g/mol. The number of hydrogen-bond donors (Lipinski definition) is 2. The second-order valence-electron chi connectivity index (χ2n) is 5.42. The van der Waals surface area contributed by atoms with E-state index >= 15 is 0 Å². The van der Waals surface area contributed by atoms with E-state index in [1.54, 1.807) is 7.11 Å². The van der Waals surface area contributed by atoms with Gasteiger partial charge in [0, 0.05) is 4.70 Å². The molecule has 2 N–H and O–H groups in total. The van der Waals surface area contributed by atoms with Crippen molar-refractivity contribution in [2.75, 3.05) is 7.11 Å². The third-order valence-corrected chi connectivity index (χ3v) is 5.07. The zero-order chi connectivity index (χ0) is 17.0. The van der Waals surface area contributed by atoms with E-state index in [2.05, 4.69) is 5.32 Å². The molecule has 1 heterocycles. The Bertz CT molecular complexity index is 723. The predicted molar refractivity (Wildman–Crippen MR) is 91.5 cm³/mol. The number of unbranched alkanes of at least 4 members (excludes halogenated alkanes) is 1. The van der Waals surface area contributed by atoms with Crippen molar-refractivity contribution in [1.29, 1.82) is 0 Å². The first-order valence-corrected chi connectivity index (χ1v) is 8.40. The van der Waals surface area contributed by atoms with Crippen LogP contribution in [0.1, 0.15) is 41.4 Å². The van der Waals surface area contributed by atoms with Crippen molar-refractivity contribution in [2.45, 2.75) is 39.2 Å². The van der Waals surface area contributed by atoms with Crippen LogP contribution in [-0.4, -0.2) is 30.1 Å². The van der Waals surface area contributed by atoms with E-state index in [1.165, 1.54) is 11.3 Å². The first-order valence-electron chi connectivity index (χ1n) is 7.58. The average Bonchev–Trinajstić information content (AvgIpc) is 2.87. The fourth-order valence-electron chi connectivity index (χ4n) is 2.43. The van der Waals surface area contributed by atoms with Gasteiger partial charge in [-0.15, -0.1) is 11.3 Å². The number of carboxylic acids is 1. The molecule has 124 valence electrons. The quantitative estimate of drug-likeness (QED) is 0.811. The highest BCUT2D eigenvalue weighted by molar-refractivity contribution is 7.21. The smallest absolute Gasteiger partial charge is 0.326 e. The number of fused-ring (bicyclic) bond motifs is 1. The van der Waals surface area contributed by atoms with E-state index in [4.69, 9.17) is 4.74 Å². The summed E-state index contributed by atoms with van der Waals surface area (Å²) in [7, 11) is 1.60. The van der Waals surface area contributed by atoms with Crippen LogP contribution in [0.4, 0.5) is 0 Å². The van der Waals surface area contributed by atoms with Gasteiger partial charge >= 0.3 is 5.97 Å². The molecule has 2 rings (SSSR count). The van der Waals surface area contributed by atoms with E-state index in [-0.39, 0.29) is 5.91 Å². The molecule has 0 aliphatic carbocycles. The summed E-state index contributed by atoms with van der Waals surface area (Å²) in [5.74, 6) is -0.588. The van der Waals surface area contributed by atoms with E-state index in [0.717, 1.165) is 34.2 Å². The molecule has 1 atom stereocenters. The molecule has 23 heavy (non-hydrogen) atoms. The number of ether oxygens (including phenoxy) is 1. The summed E-state index contributed by atoms with van der Waals surface area (Å²) in [6.07, 6.45) is 2.09. The van der Waals surface area contributed by atoms with Crippen molar-refractivity contribution in [3.63, 3.8) is 0 Å². The number of carboxylic acid groups (broad SMARTS) is 1. The summed E-state index contributed by atoms with van der Waals surface area (Å²) < 4.78 is 6.19. The number of benzene rings is 1. The molecule has 5 nitrogen and oxygen atoms in total. The van der Waals surface area contributed by atoms with Crippen LogP contribution in [0.25, 0.3) is 10.1 Å². The molecule has 0 spiro atoms. The van der Waals surface area contributed by atoms with Crippen molar-refractivity contribution in [2.24, 2.45) is 0 Å². The number of aliphatic carboxylic acids is 1. The molecule has 0 radical (unpaired) electrons. The fourth-order valence-corrected chi connectivity index (χ4v) is 3.53. The van der Waals surface area contributed by atoms with Crippen LogP contribution in [0.3, 0.4) is 0 Å². The summed E-state index contributed by atoms with van der Waals surface area (Å²) >= 11 is 1.37. The number of aryl methyl sites for hydroxylation is 1. The average molecular weight is 335 g/mol. The summed E-state index contributed by atoms with van der Waals surface area (Å²) in [4.78, 5) is 24.3. The van der Waals surface area contributed by atoms with Gasteiger partial charge in [-0.1, -0.05) is 19.8 Å². The van der Waals surface area contributed by atoms with E-state index in [9.17, 15) is 14.7 Å². The largest absolute Gasteiger partial charge is 0.497 e. The molecule has 0 saturated heterocycles. The lowest BCUT2D eigenvalue weighted by Crippen LogP contribution is -2.40. The lowest BCUT2D eigenvalue weighted by atomic mass is 10.1. The van der Waals surface area contributed by atoms with Crippen molar-refractivity contribution in [3.05, 3.63) is 28.6 Å². The number of carbonyl (C=O) groups excluding carboxylic acids is 1. The highest BCUT2D eigenvalue weighted by Gasteiger charge is 2.23. The minimum Gasteiger partial charge on any atom is -0.497 e. The van der Waals surface area contributed by atoms with Crippen LogP contribution < -0.4 is 10.1 Å². The second kappa shape index (κ2) is 7.46. The standard InChI is InChI=1S/C17H21NO4S/c1-4-5-6-13(17(20)21)18-16(19)15-10(2)12-9-11(22-3)7-8-14(12)23-15/h7-9,13H,4-6H2,1-3H3,(H,18,19)(H,20,21). The predicted octanol–water partition coefficient (Wildman–Crippen LogP) is 3.59. The molecule has 6 heteroatoms. The third-order valence-electron chi connectivity index (χ3n) is 3.80. The van der Waals surface area contributed by atoms with Gasteiger partial charge in [-0.25, -0.2) is 4.79 Å². The fraction of sp³-hybridized carbons (Fsp3) is 0.412. The van der Waals surface area contributed by atoms with E-state index < -0.39 is 12.0 Å². The normalized spacial score (nSPS) is 12.1. The Morgan fingerprint density at radius 1 is 1.39 bits per heavy atom. The summed E-state index contributed by atoms with van der Waals surface area (Å²) in [6.45, 7) is 3.86. The highest BCUT2D eigenvalue weighted by Crippen LogP contribution is 2.33. The molecule has 1 amide bonds. The zero-order valence-electron chi connectivity index (χ0n) is 13.5. The maximum atomic E-state index is 12.5. The van der Waals surface area contributed by atoms with Crippen LogP contribution in [0.5, 0.6) is 5.75 Å². The molecule has 0 bridgehead atoms. The Morgan fingerprint density at radius 2 is 2.13 bits per heavy atom. The van der Waals surface area contributed by atoms with Crippen molar-refractivity contribution in [1.82, 2.24) is 5.32 Å². The number of amides is 1. The lowest BCUT2D eigenvalue weighted by Gasteiger charge is -2.13. The minimum atomic E-state index is -0.993. The van der Waals surface area contributed by atoms with Crippen LogP contribution in [0, 0.1) is 6.92 Å². The van der Waals surface area contributed by atoms with Gasteiger partial charge in [0.2, 0.25) is 0 Å².